The fourth-order valence-electron chi connectivity index (χ4n) is 1.57. The minimum absolute atomic E-state index is 0.179. The molecule has 0 atom stereocenters. The SMILES string of the molecule is CCOC(=O)C(Sc1ncnc2nc[nH]c12)C(=O)OCC. The number of rotatable bonds is 6. The zero-order valence-electron chi connectivity index (χ0n) is 11.5. The molecule has 1 N–H and O–H groups in total. The van der Waals surface area contributed by atoms with E-state index in [0.717, 1.165) is 11.8 Å². The van der Waals surface area contributed by atoms with E-state index in [2.05, 4.69) is 19.9 Å². The minimum Gasteiger partial charge on any atom is -0.465 e. The van der Waals surface area contributed by atoms with E-state index in [0.29, 0.717) is 16.2 Å². The lowest BCUT2D eigenvalue weighted by atomic mass is 10.4. The van der Waals surface area contributed by atoms with Crippen molar-refractivity contribution in [2.24, 2.45) is 0 Å². The molecule has 2 aromatic rings. The molecule has 2 aromatic heterocycles. The van der Waals surface area contributed by atoms with Crippen molar-refractivity contribution in [2.75, 3.05) is 13.2 Å². The van der Waals surface area contributed by atoms with Gasteiger partial charge in [-0.15, -0.1) is 0 Å². The van der Waals surface area contributed by atoms with Gasteiger partial charge in [0.1, 0.15) is 16.9 Å². The molecule has 0 fully saturated rings. The van der Waals surface area contributed by atoms with Crippen molar-refractivity contribution >= 4 is 34.9 Å². The highest BCUT2D eigenvalue weighted by Crippen LogP contribution is 2.27. The number of fused-ring (bicyclic) bond motifs is 1. The van der Waals surface area contributed by atoms with E-state index >= 15 is 0 Å². The number of carbonyl (C=O) groups is 2. The van der Waals surface area contributed by atoms with E-state index in [-0.39, 0.29) is 13.2 Å². The summed E-state index contributed by atoms with van der Waals surface area (Å²) in [4.78, 5) is 38.8. The van der Waals surface area contributed by atoms with Crippen molar-refractivity contribution in [3.8, 4) is 0 Å². The van der Waals surface area contributed by atoms with Crippen molar-refractivity contribution in [3.05, 3.63) is 12.7 Å². The fraction of sp³-hybridized carbons (Fsp3) is 0.417. The van der Waals surface area contributed by atoms with Gasteiger partial charge in [0.25, 0.3) is 0 Å². The normalized spacial score (nSPS) is 10.8. The number of imidazole rings is 1. The molecule has 0 spiro atoms. The summed E-state index contributed by atoms with van der Waals surface area (Å²) in [5.41, 5.74) is 1.01. The highest BCUT2D eigenvalue weighted by molar-refractivity contribution is 8.01. The molecular weight excluding hydrogens is 296 g/mol. The Morgan fingerprint density at radius 1 is 1.19 bits per heavy atom. The van der Waals surface area contributed by atoms with Crippen molar-refractivity contribution in [1.82, 2.24) is 19.9 Å². The third-order valence-electron chi connectivity index (χ3n) is 2.42. The first kappa shape index (κ1) is 15.2. The van der Waals surface area contributed by atoms with Crippen LogP contribution >= 0.6 is 11.8 Å². The van der Waals surface area contributed by atoms with E-state index < -0.39 is 17.2 Å². The zero-order chi connectivity index (χ0) is 15.2. The maximum atomic E-state index is 11.9. The van der Waals surface area contributed by atoms with Gasteiger partial charge in [-0.2, -0.15) is 0 Å². The summed E-state index contributed by atoms with van der Waals surface area (Å²) >= 11 is 0.947. The van der Waals surface area contributed by atoms with Gasteiger partial charge < -0.3 is 14.5 Å². The van der Waals surface area contributed by atoms with Gasteiger partial charge in [0.2, 0.25) is 5.25 Å². The zero-order valence-corrected chi connectivity index (χ0v) is 12.3. The highest BCUT2D eigenvalue weighted by atomic mass is 32.2. The number of thioether (sulfide) groups is 1. The molecule has 0 radical (unpaired) electrons. The molecule has 0 aliphatic heterocycles. The molecule has 0 aliphatic carbocycles. The van der Waals surface area contributed by atoms with E-state index in [1.165, 1.54) is 12.7 Å². The van der Waals surface area contributed by atoms with Crippen molar-refractivity contribution in [2.45, 2.75) is 24.1 Å². The van der Waals surface area contributed by atoms with Crippen LogP contribution in [0.25, 0.3) is 11.2 Å². The average Bonchev–Trinajstić information content (AvgIpc) is 2.94. The number of esters is 2. The first-order valence-electron chi connectivity index (χ1n) is 6.31. The number of hydrogen-bond donors (Lipinski definition) is 1. The molecule has 0 aliphatic rings. The van der Waals surface area contributed by atoms with Crippen molar-refractivity contribution in [1.29, 1.82) is 0 Å². The Labute approximate surface area is 124 Å². The second-order valence-corrected chi connectivity index (χ2v) is 4.88. The molecule has 0 aromatic carbocycles. The van der Waals surface area contributed by atoms with Crippen LogP contribution < -0.4 is 0 Å². The van der Waals surface area contributed by atoms with E-state index in [1.54, 1.807) is 13.8 Å². The van der Waals surface area contributed by atoms with E-state index in [9.17, 15) is 9.59 Å². The lowest BCUT2D eigenvalue weighted by Crippen LogP contribution is -2.31. The topological polar surface area (TPSA) is 107 Å². The Morgan fingerprint density at radius 2 is 1.86 bits per heavy atom. The number of H-pyrrole nitrogens is 1. The molecule has 0 amide bonds. The molecule has 0 saturated carbocycles. The molecule has 0 bridgehead atoms. The second-order valence-electron chi connectivity index (χ2n) is 3.78. The summed E-state index contributed by atoms with van der Waals surface area (Å²) in [6.45, 7) is 3.70. The third-order valence-corrected chi connectivity index (χ3v) is 3.57. The van der Waals surface area contributed by atoms with Crippen LogP contribution in [0.4, 0.5) is 0 Å². The van der Waals surface area contributed by atoms with Crippen LogP contribution in [0.2, 0.25) is 0 Å². The summed E-state index contributed by atoms with van der Waals surface area (Å²) in [5.74, 6) is -1.32. The standard InChI is InChI=1S/C12H14N4O4S/c1-3-19-11(17)8(12(18)20-4-2)21-10-7-9(14-5-13-7)15-6-16-10/h5-6,8H,3-4H2,1-2H3,(H,13,14,15,16). The van der Waals surface area contributed by atoms with Crippen LogP contribution in [0.5, 0.6) is 0 Å². The van der Waals surface area contributed by atoms with Gasteiger partial charge in [-0.25, -0.2) is 15.0 Å². The summed E-state index contributed by atoms with van der Waals surface area (Å²) < 4.78 is 9.81. The fourth-order valence-corrected chi connectivity index (χ4v) is 2.50. The predicted octanol–water partition coefficient (Wildman–Crippen LogP) is 0.940. The maximum Gasteiger partial charge on any atom is 0.331 e. The van der Waals surface area contributed by atoms with Gasteiger partial charge in [0, 0.05) is 0 Å². The number of aromatic amines is 1. The van der Waals surface area contributed by atoms with Crippen LogP contribution in [-0.2, 0) is 19.1 Å². The predicted molar refractivity (Wildman–Crippen MR) is 74.6 cm³/mol. The highest BCUT2D eigenvalue weighted by Gasteiger charge is 2.32. The quantitative estimate of drug-likeness (QED) is 0.363. The van der Waals surface area contributed by atoms with Gasteiger partial charge >= 0.3 is 11.9 Å². The summed E-state index contributed by atoms with van der Waals surface area (Å²) in [7, 11) is 0. The molecule has 8 nitrogen and oxygen atoms in total. The first-order valence-corrected chi connectivity index (χ1v) is 7.19. The smallest absolute Gasteiger partial charge is 0.331 e. The second kappa shape index (κ2) is 7.02. The Bertz CT molecular complexity index is 627. The van der Waals surface area contributed by atoms with Crippen LogP contribution in [0, 0.1) is 0 Å². The van der Waals surface area contributed by atoms with Crippen LogP contribution in [0.15, 0.2) is 17.7 Å². The Hall–Kier alpha value is -2.16. The molecule has 21 heavy (non-hydrogen) atoms. The van der Waals surface area contributed by atoms with Crippen molar-refractivity contribution < 1.29 is 19.1 Å². The van der Waals surface area contributed by atoms with Crippen LogP contribution in [0.3, 0.4) is 0 Å². The lowest BCUT2D eigenvalue weighted by Gasteiger charge is -2.13. The molecule has 9 heteroatoms. The van der Waals surface area contributed by atoms with Crippen LogP contribution in [-0.4, -0.2) is 50.3 Å². The monoisotopic (exact) mass is 310 g/mol. The Morgan fingerprint density at radius 3 is 2.48 bits per heavy atom. The van der Waals surface area contributed by atoms with E-state index in [4.69, 9.17) is 9.47 Å². The maximum absolute atomic E-state index is 11.9. The van der Waals surface area contributed by atoms with Crippen LogP contribution in [0.1, 0.15) is 13.8 Å². The summed E-state index contributed by atoms with van der Waals surface area (Å²) in [6.07, 6.45) is 2.78. The molecule has 112 valence electrons. The Balaban J connectivity index is 2.27. The Kier molecular flexibility index (Phi) is 5.09. The van der Waals surface area contributed by atoms with Gasteiger partial charge in [-0.05, 0) is 13.8 Å². The van der Waals surface area contributed by atoms with Gasteiger partial charge in [0.15, 0.2) is 5.65 Å². The molecular formula is C12H14N4O4S. The molecule has 0 saturated heterocycles. The number of ether oxygens (including phenoxy) is 2. The molecule has 2 rings (SSSR count). The van der Waals surface area contributed by atoms with E-state index in [1.807, 2.05) is 0 Å². The average molecular weight is 310 g/mol. The largest absolute Gasteiger partial charge is 0.465 e. The summed E-state index contributed by atoms with van der Waals surface area (Å²) in [5, 5.41) is -0.699. The van der Waals surface area contributed by atoms with Gasteiger partial charge in [0.05, 0.1) is 19.5 Å². The molecule has 0 unspecified atom stereocenters. The minimum atomic E-state index is -1.13. The number of nitrogens with zero attached hydrogens (tertiary/aromatic N) is 3. The summed E-state index contributed by atoms with van der Waals surface area (Å²) in [6, 6.07) is 0. The number of nitrogens with one attached hydrogen (secondary N) is 1. The first-order chi connectivity index (χ1) is 10.2. The van der Waals surface area contributed by atoms with Crippen molar-refractivity contribution in [3.63, 3.8) is 0 Å². The third kappa shape index (κ3) is 3.48. The number of hydrogen-bond acceptors (Lipinski definition) is 8. The van der Waals surface area contributed by atoms with Gasteiger partial charge in [-0.3, -0.25) is 9.59 Å². The number of carbonyl (C=O) groups excluding carboxylic acids is 2. The lowest BCUT2D eigenvalue weighted by molar-refractivity contribution is -0.152. The molecule has 2 heterocycles. The number of aromatic nitrogens is 4. The van der Waals surface area contributed by atoms with Gasteiger partial charge in [-0.1, -0.05) is 11.8 Å².